The van der Waals surface area contributed by atoms with Gasteiger partial charge in [0.1, 0.15) is 0 Å². The molecule has 2 heteroatoms. The SMILES string of the molecule is CCNC(c1csc2ccccc12)C1CCCC1C. The highest BCUT2D eigenvalue weighted by atomic mass is 32.1. The molecule has 1 nitrogen and oxygen atoms in total. The van der Waals surface area contributed by atoms with Crippen molar-refractivity contribution < 1.29 is 0 Å². The van der Waals surface area contributed by atoms with Gasteiger partial charge in [0.05, 0.1) is 0 Å². The number of thiophene rings is 1. The van der Waals surface area contributed by atoms with Gasteiger partial charge in [0.25, 0.3) is 0 Å². The minimum Gasteiger partial charge on any atom is -0.310 e. The molecular formula is C17H23NS. The summed E-state index contributed by atoms with van der Waals surface area (Å²) in [6.45, 7) is 5.70. The van der Waals surface area contributed by atoms with Crippen LogP contribution in [-0.2, 0) is 0 Å². The molecule has 0 aliphatic heterocycles. The summed E-state index contributed by atoms with van der Waals surface area (Å²) in [7, 11) is 0. The Morgan fingerprint density at radius 1 is 1.32 bits per heavy atom. The maximum Gasteiger partial charge on any atom is 0.0365 e. The molecule has 1 aromatic carbocycles. The lowest BCUT2D eigenvalue weighted by atomic mass is 9.85. The average Bonchev–Trinajstić information content (AvgIpc) is 3.03. The number of hydrogen-bond donors (Lipinski definition) is 1. The molecule has 1 aliphatic rings. The highest BCUT2D eigenvalue weighted by Crippen LogP contribution is 2.43. The van der Waals surface area contributed by atoms with Gasteiger partial charge >= 0.3 is 0 Å². The first-order valence-electron chi connectivity index (χ1n) is 7.50. The molecule has 0 amide bonds. The first-order valence-corrected chi connectivity index (χ1v) is 8.38. The molecule has 1 heterocycles. The Bertz CT molecular complexity index is 545. The number of benzene rings is 1. The third kappa shape index (κ3) is 2.44. The molecular weight excluding hydrogens is 250 g/mol. The third-order valence-corrected chi connectivity index (χ3v) is 5.61. The van der Waals surface area contributed by atoms with Crippen LogP contribution < -0.4 is 5.32 Å². The molecule has 0 spiro atoms. The molecule has 19 heavy (non-hydrogen) atoms. The van der Waals surface area contributed by atoms with Crippen LogP contribution >= 0.6 is 11.3 Å². The van der Waals surface area contributed by atoms with Crippen molar-refractivity contribution in [3.8, 4) is 0 Å². The van der Waals surface area contributed by atoms with E-state index in [4.69, 9.17) is 0 Å². The first kappa shape index (κ1) is 13.1. The number of rotatable bonds is 4. The highest BCUT2D eigenvalue weighted by molar-refractivity contribution is 7.17. The molecule has 3 unspecified atom stereocenters. The van der Waals surface area contributed by atoms with Crippen molar-refractivity contribution in [3.05, 3.63) is 35.2 Å². The van der Waals surface area contributed by atoms with E-state index in [-0.39, 0.29) is 0 Å². The topological polar surface area (TPSA) is 12.0 Å². The maximum atomic E-state index is 3.76. The van der Waals surface area contributed by atoms with Crippen molar-refractivity contribution in [2.75, 3.05) is 6.54 Å². The molecule has 3 rings (SSSR count). The minimum atomic E-state index is 0.540. The molecule has 2 aromatic rings. The molecule has 3 atom stereocenters. The van der Waals surface area contributed by atoms with Crippen molar-refractivity contribution >= 4 is 21.4 Å². The predicted octanol–water partition coefficient (Wildman–Crippen LogP) is 4.99. The summed E-state index contributed by atoms with van der Waals surface area (Å²) in [6, 6.07) is 9.37. The molecule has 1 fully saturated rings. The molecule has 102 valence electrons. The van der Waals surface area contributed by atoms with Crippen LogP contribution in [0.4, 0.5) is 0 Å². The molecule has 1 aromatic heterocycles. The van der Waals surface area contributed by atoms with E-state index in [1.54, 1.807) is 0 Å². The van der Waals surface area contributed by atoms with Crippen molar-refractivity contribution in [2.24, 2.45) is 11.8 Å². The van der Waals surface area contributed by atoms with E-state index in [0.29, 0.717) is 6.04 Å². The number of hydrogen-bond acceptors (Lipinski definition) is 2. The second-order valence-corrected chi connectivity index (χ2v) is 6.71. The summed E-state index contributed by atoms with van der Waals surface area (Å²) in [5, 5.41) is 7.59. The lowest BCUT2D eigenvalue weighted by Gasteiger charge is -2.27. The lowest BCUT2D eigenvalue weighted by molar-refractivity contribution is 0.307. The zero-order valence-electron chi connectivity index (χ0n) is 11.9. The van der Waals surface area contributed by atoms with Crippen LogP contribution in [0, 0.1) is 11.8 Å². The third-order valence-electron chi connectivity index (χ3n) is 4.63. The van der Waals surface area contributed by atoms with Gasteiger partial charge in [-0.05, 0) is 47.2 Å². The van der Waals surface area contributed by atoms with Gasteiger partial charge < -0.3 is 5.32 Å². The smallest absolute Gasteiger partial charge is 0.0365 e. The van der Waals surface area contributed by atoms with Gasteiger partial charge in [0.15, 0.2) is 0 Å². The van der Waals surface area contributed by atoms with E-state index in [1.165, 1.54) is 34.9 Å². The fourth-order valence-corrected chi connectivity index (χ4v) is 4.62. The quantitative estimate of drug-likeness (QED) is 0.827. The van der Waals surface area contributed by atoms with E-state index >= 15 is 0 Å². The zero-order chi connectivity index (χ0) is 13.2. The van der Waals surface area contributed by atoms with Gasteiger partial charge in [-0.15, -0.1) is 11.3 Å². The minimum absolute atomic E-state index is 0.540. The van der Waals surface area contributed by atoms with Crippen molar-refractivity contribution in [3.63, 3.8) is 0 Å². The van der Waals surface area contributed by atoms with Crippen LogP contribution in [0.1, 0.15) is 44.7 Å². The molecule has 1 saturated carbocycles. The Hall–Kier alpha value is -0.860. The van der Waals surface area contributed by atoms with Gasteiger partial charge in [-0.2, -0.15) is 0 Å². The van der Waals surface area contributed by atoms with Gasteiger partial charge in [-0.3, -0.25) is 0 Å². The summed E-state index contributed by atoms with van der Waals surface area (Å²) in [4.78, 5) is 0. The van der Waals surface area contributed by atoms with Crippen LogP contribution in [0.2, 0.25) is 0 Å². The second kappa shape index (κ2) is 5.64. The van der Waals surface area contributed by atoms with Gasteiger partial charge in [-0.25, -0.2) is 0 Å². The Labute approximate surface area is 120 Å². The van der Waals surface area contributed by atoms with Crippen molar-refractivity contribution in [2.45, 2.75) is 39.2 Å². The summed E-state index contributed by atoms with van der Waals surface area (Å²) < 4.78 is 1.42. The fourth-order valence-electron chi connectivity index (χ4n) is 3.62. The van der Waals surface area contributed by atoms with Crippen LogP contribution in [0.15, 0.2) is 29.6 Å². The first-order chi connectivity index (χ1) is 9.31. The maximum absolute atomic E-state index is 3.76. The van der Waals surface area contributed by atoms with E-state index in [9.17, 15) is 0 Å². The van der Waals surface area contributed by atoms with Crippen LogP contribution in [-0.4, -0.2) is 6.54 Å². The summed E-state index contributed by atoms with van der Waals surface area (Å²) in [5.41, 5.74) is 1.53. The number of nitrogens with one attached hydrogen (secondary N) is 1. The van der Waals surface area contributed by atoms with Gasteiger partial charge in [0.2, 0.25) is 0 Å². The molecule has 0 bridgehead atoms. The van der Waals surface area contributed by atoms with Crippen molar-refractivity contribution in [1.82, 2.24) is 5.32 Å². The summed E-state index contributed by atoms with van der Waals surface area (Å²) >= 11 is 1.89. The largest absolute Gasteiger partial charge is 0.310 e. The molecule has 1 N–H and O–H groups in total. The summed E-state index contributed by atoms with van der Waals surface area (Å²) in [5.74, 6) is 1.65. The van der Waals surface area contributed by atoms with Crippen LogP contribution in [0.5, 0.6) is 0 Å². The number of fused-ring (bicyclic) bond motifs is 1. The lowest BCUT2D eigenvalue weighted by Crippen LogP contribution is -2.29. The highest BCUT2D eigenvalue weighted by Gasteiger charge is 2.32. The average molecular weight is 273 g/mol. The normalized spacial score (nSPS) is 24.9. The predicted molar refractivity (Wildman–Crippen MR) is 84.7 cm³/mol. The van der Waals surface area contributed by atoms with Gasteiger partial charge in [0, 0.05) is 10.7 Å². The summed E-state index contributed by atoms with van der Waals surface area (Å²) in [6.07, 6.45) is 4.17. The van der Waals surface area contributed by atoms with E-state index in [1.807, 2.05) is 11.3 Å². The van der Waals surface area contributed by atoms with Crippen LogP contribution in [0.25, 0.3) is 10.1 Å². The van der Waals surface area contributed by atoms with E-state index < -0.39 is 0 Å². The zero-order valence-corrected chi connectivity index (χ0v) is 12.7. The monoisotopic (exact) mass is 273 g/mol. The Morgan fingerprint density at radius 3 is 2.89 bits per heavy atom. The molecule has 0 saturated heterocycles. The molecule has 1 aliphatic carbocycles. The Balaban J connectivity index is 1.99. The second-order valence-electron chi connectivity index (χ2n) is 5.79. The molecule has 0 radical (unpaired) electrons. The van der Waals surface area contributed by atoms with Crippen LogP contribution in [0.3, 0.4) is 0 Å². The van der Waals surface area contributed by atoms with Gasteiger partial charge in [-0.1, -0.05) is 44.9 Å². The standard InChI is InChI=1S/C17H23NS/c1-3-18-17(13-9-6-7-12(13)2)15-11-19-16-10-5-4-8-14(15)16/h4-5,8,10-13,17-18H,3,6-7,9H2,1-2H3. The van der Waals surface area contributed by atoms with E-state index in [2.05, 4.69) is 48.8 Å². The van der Waals surface area contributed by atoms with Crippen molar-refractivity contribution in [1.29, 1.82) is 0 Å². The fraction of sp³-hybridized carbons (Fsp3) is 0.529. The van der Waals surface area contributed by atoms with E-state index in [0.717, 1.165) is 18.4 Å². The Morgan fingerprint density at radius 2 is 2.16 bits per heavy atom. The Kier molecular flexibility index (Phi) is 3.90.